The van der Waals surface area contributed by atoms with E-state index in [1.54, 1.807) is 12.1 Å². The van der Waals surface area contributed by atoms with Crippen LogP contribution in [-0.2, 0) is 13.0 Å². The van der Waals surface area contributed by atoms with Gasteiger partial charge in [-0.05, 0) is 78.6 Å². The van der Waals surface area contributed by atoms with E-state index in [-0.39, 0.29) is 5.97 Å². The molecule has 0 bridgehead atoms. The van der Waals surface area contributed by atoms with Crippen molar-refractivity contribution in [1.82, 2.24) is 9.88 Å². The summed E-state index contributed by atoms with van der Waals surface area (Å²) in [6.07, 6.45) is 7.37. The number of likely N-dealkylation sites (tertiary alicyclic amines) is 1. The van der Waals surface area contributed by atoms with E-state index >= 15 is 0 Å². The van der Waals surface area contributed by atoms with Gasteiger partial charge in [0.15, 0.2) is 0 Å². The van der Waals surface area contributed by atoms with E-state index in [1.165, 1.54) is 29.2 Å². The first-order chi connectivity index (χ1) is 16.2. The van der Waals surface area contributed by atoms with Crippen LogP contribution in [0.4, 0.5) is 0 Å². The molecule has 1 unspecified atom stereocenters. The lowest BCUT2D eigenvalue weighted by Gasteiger charge is -2.33. The first-order valence-corrected chi connectivity index (χ1v) is 11.6. The summed E-state index contributed by atoms with van der Waals surface area (Å²) in [6, 6.07) is 25.7. The lowest BCUT2D eigenvalue weighted by atomic mass is 9.89. The maximum absolute atomic E-state index is 12.6. The summed E-state index contributed by atoms with van der Waals surface area (Å²) in [5.74, 6) is 0.879. The molecule has 0 aliphatic carbocycles. The quantitative estimate of drug-likeness (QED) is 0.278. The lowest BCUT2D eigenvalue weighted by molar-refractivity contribution is 0.0734. The predicted octanol–water partition coefficient (Wildman–Crippen LogP) is 5.91. The van der Waals surface area contributed by atoms with Crippen LogP contribution in [0.5, 0.6) is 5.75 Å². The molecule has 4 aromatic rings. The average molecular weight is 437 g/mol. The number of ether oxygens (including phenoxy) is 1. The number of benzene rings is 3. The van der Waals surface area contributed by atoms with Crippen LogP contribution in [-0.4, -0.2) is 28.9 Å². The largest absolute Gasteiger partial charge is 0.423 e. The van der Waals surface area contributed by atoms with Gasteiger partial charge in [0.1, 0.15) is 5.75 Å². The zero-order chi connectivity index (χ0) is 22.5. The molecule has 1 saturated heterocycles. The van der Waals surface area contributed by atoms with Crippen molar-refractivity contribution in [2.45, 2.75) is 25.8 Å². The second-order valence-corrected chi connectivity index (χ2v) is 8.86. The van der Waals surface area contributed by atoms with E-state index in [9.17, 15) is 4.79 Å². The Morgan fingerprint density at radius 2 is 1.88 bits per heavy atom. The summed E-state index contributed by atoms with van der Waals surface area (Å²) in [5.41, 5.74) is 3.15. The van der Waals surface area contributed by atoms with E-state index in [1.807, 2.05) is 48.8 Å². The van der Waals surface area contributed by atoms with Crippen molar-refractivity contribution in [3.05, 3.63) is 108 Å². The third-order valence-electron chi connectivity index (χ3n) is 6.41. The fourth-order valence-electron chi connectivity index (χ4n) is 4.85. The molecule has 0 amide bonds. The van der Waals surface area contributed by atoms with E-state index in [0.717, 1.165) is 31.6 Å². The molecule has 1 fully saturated rings. The summed E-state index contributed by atoms with van der Waals surface area (Å²) in [4.78, 5) is 19.4. The molecule has 1 aliphatic rings. The Balaban J connectivity index is 1.23. The molecule has 4 heteroatoms. The minimum atomic E-state index is -0.315. The molecular weight excluding hydrogens is 408 g/mol. The maximum atomic E-state index is 12.6. The normalized spacial score (nSPS) is 16.5. The SMILES string of the molecule is O=C(Oc1ccccc1)c1cccc(CN2CCCC(Cc3cccc4cnccc34)C2)c1. The van der Waals surface area contributed by atoms with Crippen molar-refractivity contribution < 1.29 is 9.53 Å². The van der Waals surface area contributed by atoms with Gasteiger partial charge in [0.25, 0.3) is 0 Å². The van der Waals surface area contributed by atoms with Crippen molar-refractivity contribution in [2.75, 3.05) is 13.1 Å². The van der Waals surface area contributed by atoms with Crippen LogP contribution in [0.1, 0.15) is 34.3 Å². The van der Waals surface area contributed by atoms with E-state index in [4.69, 9.17) is 4.74 Å². The first kappa shape index (κ1) is 21.4. The molecule has 0 saturated carbocycles. The maximum Gasteiger partial charge on any atom is 0.343 e. The van der Waals surface area contributed by atoms with Crippen molar-refractivity contribution in [2.24, 2.45) is 5.92 Å². The number of esters is 1. The monoisotopic (exact) mass is 436 g/mol. The minimum absolute atomic E-state index is 0.315. The number of pyridine rings is 1. The summed E-state index contributed by atoms with van der Waals surface area (Å²) < 4.78 is 5.51. The van der Waals surface area contributed by atoms with Gasteiger partial charge in [-0.1, -0.05) is 48.5 Å². The van der Waals surface area contributed by atoms with Crippen LogP contribution in [0.2, 0.25) is 0 Å². The van der Waals surface area contributed by atoms with Crippen molar-refractivity contribution in [1.29, 1.82) is 0 Å². The highest BCUT2D eigenvalue weighted by atomic mass is 16.5. The van der Waals surface area contributed by atoms with Crippen LogP contribution in [0.3, 0.4) is 0 Å². The zero-order valence-electron chi connectivity index (χ0n) is 18.7. The highest BCUT2D eigenvalue weighted by Crippen LogP contribution is 2.26. The minimum Gasteiger partial charge on any atom is -0.423 e. The van der Waals surface area contributed by atoms with Crippen molar-refractivity contribution >= 4 is 16.7 Å². The second kappa shape index (κ2) is 9.97. The van der Waals surface area contributed by atoms with Gasteiger partial charge in [-0.15, -0.1) is 0 Å². The number of para-hydroxylation sites is 1. The summed E-state index contributed by atoms with van der Waals surface area (Å²) in [5, 5.41) is 2.52. The van der Waals surface area contributed by atoms with E-state index in [0.29, 0.717) is 17.2 Å². The van der Waals surface area contributed by atoms with Crippen LogP contribution in [0.15, 0.2) is 91.3 Å². The van der Waals surface area contributed by atoms with Crippen molar-refractivity contribution in [3.8, 4) is 5.75 Å². The standard InChI is InChI=1S/C29H28N2O2/c32-29(33-27-12-2-1-3-13-27)25-10-4-7-22(18-25)20-31-16-6-8-23(21-31)17-24-9-5-11-26-19-30-15-14-28(24)26/h1-5,7,9-15,18-19,23H,6,8,16-17,20-21H2. The molecule has 1 atom stereocenters. The van der Waals surface area contributed by atoms with Gasteiger partial charge in [0.2, 0.25) is 0 Å². The van der Waals surface area contributed by atoms with Crippen LogP contribution < -0.4 is 4.74 Å². The van der Waals surface area contributed by atoms with Crippen LogP contribution in [0, 0.1) is 5.92 Å². The Labute approximate surface area is 194 Å². The number of fused-ring (bicyclic) bond motifs is 1. The Kier molecular flexibility index (Phi) is 6.45. The third-order valence-corrected chi connectivity index (χ3v) is 6.41. The van der Waals surface area contributed by atoms with Crippen LogP contribution in [0.25, 0.3) is 10.8 Å². The average Bonchev–Trinajstić information content (AvgIpc) is 2.85. The molecule has 3 aromatic carbocycles. The molecule has 33 heavy (non-hydrogen) atoms. The molecule has 1 aliphatic heterocycles. The zero-order valence-corrected chi connectivity index (χ0v) is 18.7. The summed E-state index contributed by atoms with van der Waals surface area (Å²) in [6.45, 7) is 3.01. The molecule has 166 valence electrons. The molecule has 0 radical (unpaired) electrons. The highest BCUT2D eigenvalue weighted by Gasteiger charge is 2.21. The lowest BCUT2D eigenvalue weighted by Crippen LogP contribution is -2.35. The number of rotatable bonds is 6. The van der Waals surface area contributed by atoms with Gasteiger partial charge in [0.05, 0.1) is 5.56 Å². The molecule has 5 rings (SSSR count). The van der Waals surface area contributed by atoms with Gasteiger partial charge in [-0.2, -0.15) is 0 Å². The van der Waals surface area contributed by atoms with Gasteiger partial charge < -0.3 is 4.74 Å². The number of aromatic nitrogens is 1. The number of piperidine rings is 1. The second-order valence-electron chi connectivity index (χ2n) is 8.86. The Bertz CT molecular complexity index is 1230. The third kappa shape index (κ3) is 5.29. The predicted molar refractivity (Wildman–Crippen MR) is 131 cm³/mol. The number of nitrogens with zero attached hydrogens (tertiary/aromatic N) is 2. The molecule has 1 aromatic heterocycles. The number of carbonyl (C=O) groups excluding carboxylic acids is 1. The van der Waals surface area contributed by atoms with Gasteiger partial charge in [-0.25, -0.2) is 4.79 Å². The van der Waals surface area contributed by atoms with Gasteiger partial charge in [0, 0.05) is 30.9 Å². The fraction of sp³-hybridized carbons (Fsp3) is 0.241. The molecule has 0 N–H and O–H groups in total. The van der Waals surface area contributed by atoms with Crippen LogP contribution >= 0.6 is 0 Å². The fourth-order valence-corrected chi connectivity index (χ4v) is 4.85. The topological polar surface area (TPSA) is 42.4 Å². The summed E-state index contributed by atoms with van der Waals surface area (Å²) >= 11 is 0. The number of carbonyl (C=O) groups is 1. The molecule has 0 spiro atoms. The van der Waals surface area contributed by atoms with E-state index in [2.05, 4.69) is 40.2 Å². The van der Waals surface area contributed by atoms with E-state index < -0.39 is 0 Å². The van der Waals surface area contributed by atoms with Gasteiger partial charge in [-0.3, -0.25) is 9.88 Å². The Morgan fingerprint density at radius 1 is 1.00 bits per heavy atom. The smallest absolute Gasteiger partial charge is 0.343 e. The highest BCUT2D eigenvalue weighted by molar-refractivity contribution is 5.91. The Morgan fingerprint density at radius 3 is 2.79 bits per heavy atom. The molecular formula is C29H28N2O2. The summed E-state index contributed by atoms with van der Waals surface area (Å²) in [7, 11) is 0. The molecule has 2 heterocycles. The number of hydrogen-bond donors (Lipinski definition) is 0. The Hall–Kier alpha value is -3.50. The first-order valence-electron chi connectivity index (χ1n) is 11.6. The number of hydrogen-bond acceptors (Lipinski definition) is 4. The van der Waals surface area contributed by atoms with Gasteiger partial charge >= 0.3 is 5.97 Å². The van der Waals surface area contributed by atoms with Crippen molar-refractivity contribution in [3.63, 3.8) is 0 Å². The molecule has 4 nitrogen and oxygen atoms in total.